The van der Waals surface area contributed by atoms with Crippen LogP contribution < -0.4 is 5.32 Å². The van der Waals surface area contributed by atoms with Gasteiger partial charge in [-0.15, -0.1) is 12.4 Å². The van der Waals surface area contributed by atoms with Crippen molar-refractivity contribution in [2.24, 2.45) is 0 Å². The maximum Gasteiger partial charge on any atom is 0.273 e. The molecule has 13 heteroatoms. The zero-order valence-electron chi connectivity index (χ0n) is 26.5. The number of likely N-dealkylation sites (tertiary alicyclic amines) is 2. The fourth-order valence-electron chi connectivity index (χ4n) is 5.75. The predicted octanol–water partition coefficient (Wildman–Crippen LogP) is 2.89. The second-order valence-electron chi connectivity index (χ2n) is 11.5. The summed E-state index contributed by atoms with van der Waals surface area (Å²) in [5.74, 6) is -0.636. The highest BCUT2D eigenvalue weighted by atomic mass is 35.5. The number of halogens is 1. The van der Waals surface area contributed by atoms with Gasteiger partial charge in [-0.3, -0.25) is 24.5 Å². The molecule has 3 aromatic carbocycles. The number of benzene rings is 3. The number of hydrogen-bond donors (Lipinski definition) is 3. The number of carbonyl (C=O) groups excluding carboxylic acids is 3. The summed E-state index contributed by atoms with van der Waals surface area (Å²) in [6.45, 7) is 1.75. The Balaban J connectivity index is 0.000000284. The molecule has 0 bridgehead atoms. The number of nitro groups is 1. The molecule has 2 aliphatic rings. The van der Waals surface area contributed by atoms with Gasteiger partial charge in [-0.2, -0.15) is 0 Å². The van der Waals surface area contributed by atoms with Crippen LogP contribution in [0.2, 0.25) is 0 Å². The first-order chi connectivity index (χ1) is 22.1. The highest BCUT2D eigenvalue weighted by molar-refractivity contribution is 5.90. The molecule has 2 aliphatic heterocycles. The highest BCUT2D eigenvalue weighted by Crippen LogP contribution is 2.27. The Labute approximate surface area is 280 Å². The number of nitrogens with zero attached hydrogens (tertiary/aromatic N) is 4. The third kappa shape index (κ3) is 9.58. The summed E-state index contributed by atoms with van der Waals surface area (Å²) in [5, 5.41) is 33.5. The van der Waals surface area contributed by atoms with Crippen LogP contribution in [0.3, 0.4) is 0 Å². The lowest BCUT2D eigenvalue weighted by Crippen LogP contribution is -2.43. The minimum atomic E-state index is -0.864. The minimum Gasteiger partial charge on any atom is -0.391 e. The summed E-state index contributed by atoms with van der Waals surface area (Å²) in [6.07, 6.45) is 0.0564. The lowest BCUT2D eigenvalue weighted by molar-refractivity contribution is -0.385. The van der Waals surface area contributed by atoms with Gasteiger partial charge in [-0.05, 0) is 31.0 Å². The molecule has 2 fully saturated rings. The van der Waals surface area contributed by atoms with Crippen LogP contribution in [-0.2, 0) is 20.8 Å². The first-order valence-electron chi connectivity index (χ1n) is 15.3. The molecular weight excluding hydrogens is 626 g/mol. The number of aliphatic hydroxyl groups excluding tert-OH is 2. The first kappa shape index (κ1) is 37.1. The van der Waals surface area contributed by atoms with E-state index in [-0.39, 0.29) is 55.0 Å². The molecule has 2 saturated heterocycles. The largest absolute Gasteiger partial charge is 0.391 e. The van der Waals surface area contributed by atoms with Crippen LogP contribution in [0.25, 0.3) is 0 Å². The quantitative estimate of drug-likeness (QED) is 0.232. The average Bonchev–Trinajstić information content (AvgIpc) is 3.71. The topological polar surface area (TPSA) is 157 Å². The monoisotopic (exact) mass is 667 g/mol. The van der Waals surface area contributed by atoms with Crippen molar-refractivity contribution < 1.29 is 29.5 Å². The summed E-state index contributed by atoms with van der Waals surface area (Å²) in [6, 6.07) is 23.5. The normalized spacial score (nSPS) is 18.3. The van der Waals surface area contributed by atoms with Crippen molar-refractivity contribution in [1.29, 1.82) is 0 Å². The molecular formula is C34H42ClN5O7. The van der Waals surface area contributed by atoms with E-state index in [1.54, 1.807) is 59.3 Å². The molecule has 47 heavy (non-hydrogen) atoms. The minimum absolute atomic E-state index is 0. The Morgan fingerprint density at radius 1 is 0.851 bits per heavy atom. The van der Waals surface area contributed by atoms with Crippen molar-refractivity contribution in [2.45, 2.75) is 43.6 Å². The SMILES string of the molecule is CN(C(=O)Cc1ccccc1[N+](=O)[O-])[C@H](C(=O)N1CC[C@H](O)C1)c1ccccc1.CN[C@H](C(=O)N1CC[C@H](O)C1)c1ccccc1.Cl. The van der Waals surface area contributed by atoms with Crippen LogP contribution in [-0.4, -0.2) is 100 Å². The molecule has 0 aliphatic carbocycles. The number of rotatable bonds is 9. The average molecular weight is 668 g/mol. The highest BCUT2D eigenvalue weighted by Gasteiger charge is 2.35. The molecule has 0 saturated carbocycles. The Bertz CT molecular complexity index is 1500. The molecule has 3 amide bonds. The lowest BCUT2D eigenvalue weighted by Gasteiger charge is -2.31. The van der Waals surface area contributed by atoms with Crippen LogP contribution >= 0.6 is 12.4 Å². The maximum absolute atomic E-state index is 13.2. The Morgan fingerprint density at radius 3 is 1.83 bits per heavy atom. The molecule has 12 nitrogen and oxygen atoms in total. The smallest absolute Gasteiger partial charge is 0.273 e. The number of aliphatic hydroxyl groups is 2. The molecule has 5 rings (SSSR count). The molecule has 0 spiro atoms. The van der Waals surface area contributed by atoms with Crippen LogP contribution in [0.4, 0.5) is 5.69 Å². The fourth-order valence-corrected chi connectivity index (χ4v) is 5.75. The fraction of sp³-hybridized carbons (Fsp3) is 0.382. The number of nitrogens with one attached hydrogen (secondary N) is 1. The van der Waals surface area contributed by atoms with Crippen LogP contribution in [0, 0.1) is 10.1 Å². The Kier molecular flexibility index (Phi) is 13.8. The zero-order chi connectivity index (χ0) is 33.2. The number of likely N-dealkylation sites (N-methyl/N-ethyl adjacent to an activating group) is 2. The third-order valence-corrected chi connectivity index (χ3v) is 8.28. The van der Waals surface area contributed by atoms with Gasteiger partial charge >= 0.3 is 0 Å². The van der Waals surface area contributed by atoms with Crippen molar-refractivity contribution in [2.75, 3.05) is 40.3 Å². The van der Waals surface area contributed by atoms with Gasteiger partial charge < -0.3 is 30.2 Å². The summed E-state index contributed by atoms with van der Waals surface area (Å²) in [4.78, 5) is 53.7. The van der Waals surface area contributed by atoms with Gasteiger partial charge in [-0.25, -0.2) is 0 Å². The maximum atomic E-state index is 13.2. The van der Waals surface area contributed by atoms with Gasteiger partial charge in [0.25, 0.3) is 5.69 Å². The number of β-amino-alcohol motifs (C(OH)–C–C–N with tert-alkyl or cyclic N) is 2. The standard InChI is InChI=1S/C21H23N3O5.C13H18N2O2.ClH/c1-22(19(26)13-16-9-5-6-10-18(16)24(28)29)20(15-7-3-2-4-8-15)21(27)23-12-11-17(25)14-23;1-14-12(10-5-3-2-4-6-10)13(17)15-8-7-11(16)9-15;/h2-10,17,20,25H,11-14H2,1H3;2-6,11-12,14,16H,7-9H2,1H3;1H/t17-,20-;11-,12-;/m00./s1. The summed E-state index contributed by atoms with van der Waals surface area (Å²) < 4.78 is 0. The van der Waals surface area contributed by atoms with E-state index in [0.717, 1.165) is 5.56 Å². The second kappa shape index (κ2) is 17.5. The third-order valence-electron chi connectivity index (χ3n) is 8.28. The number of hydrogen-bond acceptors (Lipinski definition) is 8. The summed E-state index contributed by atoms with van der Waals surface area (Å²) in [7, 11) is 3.31. The molecule has 0 unspecified atom stereocenters. The molecule has 3 aromatic rings. The van der Waals surface area contributed by atoms with Crippen molar-refractivity contribution in [1.82, 2.24) is 20.0 Å². The van der Waals surface area contributed by atoms with E-state index in [2.05, 4.69) is 5.32 Å². The number of para-hydroxylation sites is 1. The Morgan fingerprint density at radius 2 is 1.34 bits per heavy atom. The zero-order valence-corrected chi connectivity index (χ0v) is 27.3. The number of nitro benzene ring substituents is 1. The number of amides is 3. The molecule has 0 aromatic heterocycles. The Hall–Kier alpha value is -4.36. The first-order valence-corrected chi connectivity index (χ1v) is 15.3. The van der Waals surface area contributed by atoms with Gasteiger partial charge in [0.2, 0.25) is 17.7 Å². The van der Waals surface area contributed by atoms with E-state index in [4.69, 9.17) is 0 Å². The van der Waals surface area contributed by atoms with Crippen LogP contribution in [0.15, 0.2) is 84.9 Å². The van der Waals surface area contributed by atoms with Gasteiger partial charge in [0.15, 0.2) is 0 Å². The van der Waals surface area contributed by atoms with Gasteiger partial charge in [-0.1, -0.05) is 78.9 Å². The molecule has 4 atom stereocenters. The predicted molar refractivity (Wildman–Crippen MR) is 179 cm³/mol. The van der Waals surface area contributed by atoms with Crippen molar-refractivity contribution in [3.8, 4) is 0 Å². The van der Waals surface area contributed by atoms with E-state index in [0.29, 0.717) is 43.6 Å². The van der Waals surface area contributed by atoms with Crippen LogP contribution in [0.1, 0.15) is 41.6 Å². The summed E-state index contributed by atoms with van der Waals surface area (Å²) in [5.41, 5.74) is 1.78. The van der Waals surface area contributed by atoms with E-state index < -0.39 is 23.0 Å². The van der Waals surface area contributed by atoms with E-state index in [1.165, 1.54) is 18.0 Å². The van der Waals surface area contributed by atoms with Crippen molar-refractivity contribution in [3.05, 3.63) is 112 Å². The van der Waals surface area contributed by atoms with E-state index in [9.17, 15) is 34.7 Å². The molecule has 252 valence electrons. The second-order valence-corrected chi connectivity index (χ2v) is 11.5. The van der Waals surface area contributed by atoms with E-state index >= 15 is 0 Å². The number of carbonyl (C=O) groups is 3. The molecule has 0 radical (unpaired) electrons. The van der Waals surface area contributed by atoms with E-state index in [1.807, 2.05) is 36.4 Å². The van der Waals surface area contributed by atoms with Crippen molar-refractivity contribution >= 4 is 35.8 Å². The molecule has 2 heterocycles. The van der Waals surface area contributed by atoms with Crippen molar-refractivity contribution in [3.63, 3.8) is 0 Å². The van der Waals surface area contributed by atoms with Crippen LogP contribution in [0.5, 0.6) is 0 Å². The lowest BCUT2D eigenvalue weighted by atomic mass is 10.0. The van der Waals surface area contributed by atoms with Gasteiger partial charge in [0, 0.05) is 44.9 Å². The van der Waals surface area contributed by atoms with Gasteiger partial charge in [0.05, 0.1) is 23.6 Å². The van der Waals surface area contributed by atoms with Gasteiger partial charge in [0.1, 0.15) is 12.1 Å². The summed E-state index contributed by atoms with van der Waals surface area (Å²) >= 11 is 0. The molecule has 3 N–H and O–H groups in total.